The number of hydrogen-bond donors (Lipinski definition) is 0. The third-order valence-corrected chi connectivity index (χ3v) is 2.29. The maximum atomic E-state index is 10.5. The Balaban J connectivity index is 3.28. The number of carbonyl (C=O) groups excluding carboxylic acids is 1. The molecule has 70 valence electrons. The Morgan fingerprint density at radius 2 is 1.69 bits per heavy atom. The van der Waals surface area contributed by atoms with Crippen LogP contribution in [0, 0.1) is 0 Å². The van der Waals surface area contributed by atoms with Crippen molar-refractivity contribution in [3.8, 4) is 0 Å². The van der Waals surface area contributed by atoms with Gasteiger partial charge in [0.1, 0.15) is 0 Å². The van der Waals surface area contributed by atoms with Crippen LogP contribution in [-0.4, -0.2) is 13.5 Å². The van der Waals surface area contributed by atoms with Crippen LogP contribution in [0.2, 0.25) is 15.1 Å². The van der Waals surface area contributed by atoms with E-state index in [0.29, 0.717) is 27.2 Å². The van der Waals surface area contributed by atoms with Crippen molar-refractivity contribution in [2.45, 2.75) is 0 Å². The van der Waals surface area contributed by atoms with E-state index in [2.05, 4.69) is 0 Å². The molecule has 1 amide bonds. The number of halogens is 3. The van der Waals surface area contributed by atoms with Crippen molar-refractivity contribution in [1.82, 2.24) is 0 Å². The average molecular weight is 239 g/mol. The van der Waals surface area contributed by atoms with Gasteiger partial charge in [-0.05, 0) is 12.1 Å². The summed E-state index contributed by atoms with van der Waals surface area (Å²) in [7, 11) is 1.56. The summed E-state index contributed by atoms with van der Waals surface area (Å²) >= 11 is 17.4. The first-order valence-electron chi connectivity index (χ1n) is 3.39. The first-order valence-corrected chi connectivity index (χ1v) is 4.52. The Morgan fingerprint density at radius 3 is 2.08 bits per heavy atom. The van der Waals surface area contributed by atoms with Crippen LogP contribution in [0.25, 0.3) is 0 Å². The minimum atomic E-state index is 0.354. The van der Waals surface area contributed by atoms with E-state index in [0.717, 1.165) is 0 Å². The van der Waals surface area contributed by atoms with Crippen molar-refractivity contribution in [3.63, 3.8) is 0 Å². The summed E-state index contributed by atoms with van der Waals surface area (Å²) in [5.41, 5.74) is 0.461. The minimum Gasteiger partial charge on any atom is -0.315 e. The van der Waals surface area contributed by atoms with Gasteiger partial charge in [0.25, 0.3) is 0 Å². The summed E-state index contributed by atoms with van der Waals surface area (Å²) in [5, 5.41) is 1.15. The molecular formula is C8H6Cl3NO. The molecule has 0 heterocycles. The van der Waals surface area contributed by atoms with Gasteiger partial charge >= 0.3 is 0 Å². The predicted molar refractivity (Wildman–Crippen MR) is 55.9 cm³/mol. The lowest BCUT2D eigenvalue weighted by Gasteiger charge is -2.14. The number of rotatable bonds is 2. The topological polar surface area (TPSA) is 20.3 Å². The highest BCUT2D eigenvalue weighted by molar-refractivity contribution is 6.42. The van der Waals surface area contributed by atoms with Crippen LogP contribution in [0.15, 0.2) is 12.1 Å². The Hall–Kier alpha value is -0.440. The van der Waals surface area contributed by atoms with Crippen molar-refractivity contribution >= 4 is 46.9 Å². The van der Waals surface area contributed by atoms with Crippen molar-refractivity contribution < 1.29 is 4.79 Å². The maximum Gasteiger partial charge on any atom is 0.213 e. The van der Waals surface area contributed by atoms with Gasteiger partial charge in [0.05, 0.1) is 15.7 Å². The second-order valence-electron chi connectivity index (χ2n) is 2.43. The smallest absolute Gasteiger partial charge is 0.213 e. The van der Waals surface area contributed by atoms with E-state index in [-0.39, 0.29) is 0 Å². The first kappa shape index (κ1) is 10.6. The summed E-state index contributed by atoms with van der Waals surface area (Å²) in [4.78, 5) is 11.8. The van der Waals surface area contributed by atoms with Gasteiger partial charge in [-0.2, -0.15) is 0 Å². The molecule has 0 fully saturated rings. The molecule has 0 saturated carbocycles. The van der Waals surface area contributed by atoms with Crippen LogP contribution >= 0.6 is 34.8 Å². The number of anilines is 1. The molecular weight excluding hydrogens is 232 g/mol. The average Bonchev–Trinajstić information content (AvgIpc) is 2.02. The summed E-state index contributed by atoms with van der Waals surface area (Å²) in [6.45, 7) is 0. The van der Waals surface area contributed by atoms with Crippen LogP contribution in [0.3, 0.4) is 0 Å². The molecule has 0 atom stereocenters. The zero-order valence-electron chi connectivity index (χ0n) is 6.72. The molecule has 0 aliphatic carbocycles. The molecule has 0 N–H and O–H groups in total. The second kappa shape index (κ2) is 4.18. The van der Waals surface area contributed by atoms with E-state index in [4.69, 9.17) is 34.8 Å². The van der Waals surface area contributed by atoms with Crippen LogP contribution in [0.5, 0.6) is 0 Å². The minimum absolute atomic E-state index is 0.354. The number of amides is 1. The number of carbonyl (C=O) groups is 1. The SMILES string of the molecule is CN(C=O)c1c(Cl)cc(Cl)cc1Cl. The Kier molecular flexibility index (Phi) is 3.42. The third kappa shape index (κ3) is 2.27. The van der Waals surface area contributed by atoms with Crippen LogP contribution in [-0.2, 0) is 4.79 Å². The molecule has 13 heavy (non-hydrogen) atoms. The quantitative estimate of drug-likeness (QED) is 0.724. The monoisotopic (exact) mass is 237 g/mol. The molecule has 1 aromatic rings. The lowest BCUT2D eigenvalue weighted by Crippen LogP contribution is -2.14. The molecule has 0 aliphatic heterocycles. The number of hydrogen-bond acceptors (Lipinski definition) is 1. The molecule has 0 bridgehead atoms. The van der Waals surface area contributed by atoms with E-state index in [9.17, 15) is 4.79 Å². The van der Waals surface area contributed by atoms with Crippen LogP contribution < -0.4 is 4.90 Å². The summed E-state index contributed by atoms with van der Waals surface area (Å²) in [6, 6.07) is 3.06. The fourth-order valence-electron chi connectivity index (χ4n) is 0.924. The van der Waals surface area contributed by atoms with Crippen molar-refractivity contribution in [2.24, 2.45) is 0 Å². The lowest BCUT2D eigenvalue weighted by molar-refractivity contribution is -0.107. The van der Waals surface area contributed by atoms with Gasteiger partial charge in [-0.1, -0.05) is 34.8 Å². The normalized spacial score (nSPS) is 9.85. The van der Waals surface area contributed by atoms with Gasteiger partial charge in [-0.25, -0.2) is 0 Å². The predicted octanol–water partition coefficient (Wildman–Crippen LogP) is 3.24. The van der Waals surface area contributed by atoms with Gasteiger partial charge in [0.15, 0.2) is 0 Å². The van der Waals surface area contributed by atoms with Crippen molar-refractivity contribution in [3.05, 3.63) is 27.2 Å². The second-order valence-corrected chi connectivity index (χ2v) is 3.69. The Morgan fingerprint density at radius 1 is 1.23 bits per heavy atom. The summed E-state index contributed by atoms with van der Waals surface area (Å²) in [6.07, 6.45) is 0.626. The summed E-state index contributed by atoms with van der Waals surface area (Å²) in [5.74, 6) is 0. The molecule has 0 radical (unpaired) electrons. The molecule has 1 aromatic carbocycles. The maximum absolute atomic E-state index is 10.5. The van der Waals surface area contributed by atoms with Gasteiger partial charge < -0.3 is 4.90 Å². The van der Waals surface area contributed by atoms with Crippen LogP contribution in [0.1, 0.15) is 0 Å². The molecule has 0 aliphatic rings. The molecule has 0 saturated heterocycles. The molecule has 0 spiro atoms. The number of nitrogens with zero attached hydrogens (tertiary/aromatic N) is 1. The van der Waals surface area contributed by atoms with Crippen molar-refractivity contribution in [2.75, 3.05) is 11.9 Å². The standard InChI is InChI=1S/C8H6Cl3NO/c1-12(4-13)8-6(10)2-5(9)3-7(8)11/h2-4H,1H3. The highest BCUT2D eigenvalue weighted by Crippen LogP contribution is 2.35. The molecule has 0 unspecified atom stereocenters. The van der Waals surface area contributed by atoms with Gasteiger partial charge in [-0.3, -0.25) is 4.79 Å². The van der Waals surface area contributed by atoms with E-state index in [1.807, 2.05) is 0 Å². The molecule has 2 nitrogen and oxygen atoms in total. The fourth-order valence-corrected chi connectivity index (χ4v) is 2.01. The number of benzene rings is 1. The van der Waals surface area contributed by atoms with E-state index in [1.165, 1.54) is 17.0 Å². The molecule has 1 rings (SSSR count). The Bertz CT molecular complexity index is 317. The zero-order valence-corrected chi connectivity index (χ0v) is 8.99. The highest BCUT2D eigenvalue weighted by Gasteiger charge is 2.10. The lowest BCUT2D eigenvalue weighted by atomic mass is 10.3. The first-order chi connectivity index (χ1) is 6.06. The van der Waals surface area contributed by atoms with Gasteiger partial charge in [0, 0.05) is 12.1 Å². The van der Waals surface area contributed by atoms with E-state index in [1.54, 1.807) is 7.05 Å². The summed E-state index contributed by atoms with van der Waals surface area (Å²) < 4.78 is 0. The van der Waals surface area contributed by atoms with Gasteiger partial charge in [0.2, 0.25) is 6.41 Å². The fraction of sp³-hybridized carbons (Fsp3) is 0.125. The van der Waals surface area contributed by atoms with E-state index >= 15 is 0 Å². The van der Waals surface area contributed by atoms with Gasteiger partial charge in [-0.15, -0.1) is 0 Å². The van der Waals surface area contributed by atoms with E-state index < -0.39 is 0 Å². The highest BCUT2D eigenvalue weighted by atomic mass is 35.5. The van der Waals surface area contributed by atoms with Crippen molar-refractivity contribution in [1.29, 1.82) is 0 Å². The van der Waals surface area contributed by atoms with Crippen LogP contribution in [0.4, 0.5) is 5.69 Å². The largest absolute Gasteiger partial charge is 0.315 e. The third-order valence-electron chi connectivity index (χ3n) is 1.49. The zero-order chi connectivity index (χ0) is 10.0. The molecule has 5 heteroatoms. The Labute approximate surface area is 91.0 Å². The molecule has 0 aromatic heterocycles.